The van der Waals surface area contributed by atoms with Gasteiger partial charge in [-0.1, -0.05) is 19.3 Å². The van der Waals surface area contributed by atoms with Crippen LogP contribution >= 0.6 is 15.9 Å². The van der Waals surface area contributed by atoms with Crippen LogP contribution in [0.5, 0.6) is 0 Å². The van der Waals surface area contributed by atoms with Crippen LogP contribution in [0.1, 0.15) is 50.4 Å². The van der Waals surface area contributed by atoms with Crippen LogP contribution in [-0.4, -0.2) is 14.5 Å². The number of halogens is 1. The van der Waals surface area contributed by atoms with Gasteiger partial charge in [-0.25, -0.2) is 9.97 Å². The van der Waals surface area contributed by atoms with Crippen LogP contribution in [0.4, 0.5) is 0 Å². The molecule has 0 amide bonds. The number of rotatable bonds is 1. The zero-order valence-corrected chi connectivity index (χ0v) is 12.6. The first-order valence-electron chi connectivity index (χ1n) is 7.36. The lowest BCUT2D eigenvalue weighted by molar-refractivity contribution is 0.258. The van der Waals surface area contributed by atoms with Crippen molar-refractivity contribution in [2.75, 3.05) is 0 Å². The maximum Gasteiger partial charge on any atom is 0.161 e. The number of nitrogens with zero attached hydrogens (tertiary/aromatic N) is 3. The molecule has 19 heavy (non-hydrogen) atoms. The molecular formula is C15H18BrN3. The topological polar surface area (TPSA) is 30.7 Å². The van der Waals surface area contributed by atoms with E-state index < -0.39 is 0 Å². The summed E-state index contributed by atoms with van der Waals surface area (Å²) in [6, 6.07) is 4.71. The normalized spacial score (nSPS) is 23.9. The highest BCUT2D eigenvalue weighted by Gasteiger charge is 2.33. The van der Waals surface area contributed by atoms with Crippen LogP contribution in [0, 0.1) is 5.92 Å². The predicted molar refractivity (Wildman–Crippen MR) is 79.2 cm³/mol. The Morgan fingerprint density at radius 1 is 1.05 bits per heavy atom. The van der Waals surface area contributed by atoms with Gasteiger partial charge in [-0.05, 0) is 53.2 Å². The second kappa shape index (κ2) is 4.58. The smallest absolute Gasteiger partial charge is 0.161 e. The summed E-state index contributed by atoms with van der Waals surface area (Å²) < 4.78 is 3.35. The molecule has 0 N–H and O–H groups in total. The fraction of sp³-hybridized carbons (Fsp3) is 0.600. The predicted octanol–water partition coefficient (Wildman–Crippen LogP) is 4.26. The molecule has 1 aliphatic heterocycles. The number of aromatic nitrogens is 3. The summed E-state index contributed by atoms with van der Waals surface area (Å²) in [5.41, 5.74) is 2.14. The molecule has 2 aromatic heterocycles. The monoisotopic (exact) mass is 319 g/mol. The Morgan fingerprint density at radius 3 is 2.74 bits per heavy atom. The zero-order chi connectivity index (χ0) is 12.8. The van der Waals surface area contributed by atoms with Gasteiger partial charge in [0.25, 0.3) is 0 Å². The van der Waals surface area contributed by atoms with E-state index in [-0.39, 0.29) is 0 Å². The van der Waals surface area contributed by atoms with Gasteiger partial charge < -0.3 is 4.57 Å². The molecule has 0 radical (unpaired) electrons. The molecule has 0 saturated heterocycles. The molecule has 0 spiro atoms. The highest BCUT2D eigenvalue weighted by atomic mass is 79.9. The van der Waals surface area contributed by atoms with Crippen LogP contribution in [0.2, 0.25) is 0 Å². The summed E-state index contributed by atoms with van der Waals surface area (Å²) in [5.74, 6) is 2.09. The molecule has 1 atom stereocenters. The van der Waals surface area contributed by atoms with E-state index in [0.29, 0.717) is 6.04 Å². The largest absolute Gasteiger partial charge is 0.309 e. The quantitative estimate of drug-likeness (QED) is 0.735. The molecule has 4 rings (SSSR count). The van der Waals surface area contributed by atoms with Gasteiger partial charge in [-0.3, -0.25) is 0 Å². The molecule has 0 aromatic carbocycles. The molecule has 1 aliphatic carbocycles. The van der Waals surface area contributed by atoms with E-state index in [4.69, 9.17) is 4.98 Å². The van der Waals surface area contributed by atoms with Crippen molar-refractivity contribution < 1.29 is 0 Å². The second-order valence-corrected chi connectivity index (χ2v) is 6.69. The number of aryl methyl sites for hydroxylation is 1. The third-order valence-corrected chi connectivity index (χ3v) is 5.21. The first-order chi connectivity index (χ1) is 9.33. The van der Waals surface area contributed by atoms with Gasteiger partial charge >= 0.3 is 0 Å². The van der Waals surface area contributed by atoms with Gasteiger partial charge in [0.05, 0.1) is 0 Å². The first kappa shape index (κ1) is 11.9. The second-order valence-electron chi connectivity index (χ2n) is 5.88. The number of fused-ring (bicyclic) bond motifs is 3. The van der Waals surface area contributed by atoms with Crippen LogP contribution in [0.15, 0.2) is 16.7 Å². The van der Waals surface area contributed by atoms with E-state index >= 15 is 0 Å². The van der Waals surface area contributed by atoms with E-state index in [1.54, 1.807) is 0 Å². The van der Waals surface area contributed by atoms with Gasteiger partial charge in [0.2, 0.25) is 0 Å². The van der Waals surface area contributed by atoms with E-state index in [9.17, 15) is 0 Å². The summed E-state index contributed by atoms with van der Waals surface area (Å²) in [6.45, 7) is 0. The van der Waals surface area contributed by atoms with Gasteiger partial charge in [-0.15, -0.1) is 0 Å². The van der Waals surface area contributed by atoms with Crippen molar-refractivity contribution >= 4 is 27.1 Å². The summed E-state index contributed by atoms with van der Waals surface area (Å²) in [6.07, 6.45) is 9.38. The Kier molecular flexibility index (Phi) is 2.87. The Balaban J connectivity index is 1.79. The van der Waals surface area contributed by atoms with E-state index in [1.807, 2.05) is 6.07 Å². The molecule has 100 valence electrons. The fourth-order valence-corrected chi connectivity index (χ4v) is 4.19. The maximum atomic E-state index is 4.76. The van der Waals surface area contributed by atoms with Gasteiger partial charge in [-0.2, -0.15) is 0 Å². The Morgan fingerprint density at radius 2 is 1.89 bits per heavy atom. The minimum absolute atomic E-state index is 0.641. The maximum absolute atomic E-state index is 4.76. The minimum Gasteiger partial charge on any atom is -0.309 e. The van der Waals surface area contributed by atoms with E-state index in [0.717, 1.165) is 28.1 Å². The van der Waals surface area contributed by atoms with Crippen molar-refractivity contribution in [2.45, 2.75) is 51.0 Å². The Bertz CT molecular complexity index is 613. The van der Waals surface area contributed by atoms with E-state index in [2.05, 4.69) is 31.5 Å². The third kappa shape index (κ3) is 1.92. The van der Waals surface area contributed by atoms with Crippen LogP contribution in [0.3, 0.4) is 0 Å². The molecular weight excluding hydrogens is 302 g/mol. The average molecular weight is 320 g/mol. The van der Waals surface area contributed by atoms with Crippen molar-refractivity contribution in [2.24, 2.45) is 5.92 Å². The summed E-state index contributed by atoms with van der Waals surface area (Å²) >= 11 is 3.49. The molecule has 3 heterocycles. The lowest BCUT2D eigenvalue weighted by Crippen LogP contribution is -2.19. The van der Waals surface area contributed by atoms with Gasteiger partial charge in [0.15, 0.2) is 5.65 Å². The number of hydrogen-bond acceptors (Lipinski definition) is 2. The summed E-state index contributed by atoms with van der Waals surface area (Å²) in [7, 11) is 0. The Hall–Kier alpha value is -0.900. The lowest BCUT2D eigenvalue weighted by Gasteiger charge is -2.28. The highest BCUT2D eigenvalue weighted by Crippen LogP contribution is 2.41. The minimum atomic E-state index is 0.641. The molecule has 2 aromatic rings. The lowest BCUT2D eigenvalue weighted by atomic mass is 9.83. The molecule has 3 nitrogen and oxygen atoms in total. The van der Waals surface area contributed by atoms with Crippen molar-refractivity contribution in [1.29, 1.82) is 0 Å². The Labute approximate surface area is 121 Å². The molecule has 0 bridgehead atoms. The van der Waals surface area contributed by atoms with Gasteiger partial charge in [0, 0.05) is 12.5 Å². The number of hydrogen-bond donors (Lipinski definition) is 0. The van der Waals surface area contributed by atoms with Crippen molar-refractivity contribution in [1.82, 2.24) is 14.5 Å². The average Bonchev–Trinajstić information content (AvgIpc) is 2.99. The zero-order valence-electron chi connectivity index (χ0n) is 11.0. The van der Waals surface area contributed by atoms with Crippen LogP contribution in [-0.2, 0) is 6.42 Å². The number of pyridine rings is 1. The van der Waals surface area contributed by atoms with Gasteiger partial charge in [0.1, 0.15) is 15.9 Å². The standard InChI is InChI=1S/C15H18BrN3/c16-13-8-6-11-15(18-13)19-12(7-9-14(19)17-11)10-4-2-1-3-5-10/h6,8,10,12H,1-5,7,9H2. The van der Waals surface area contributed by atoms with Crippen molar-refractivity contribution in [3.63, 3.8) is 0 Å². The molecule has 1 fully saturated rings. The fourth-order valence-electron chi connectivity index (χ4n) is 3.89. The number of imidazole rings is 1. The van der Waals surface area contributed by atoms with E-state index in [1.165, 1.54) is 44.3 Å². The van der Waals surface area contributed by atoms with Crippen molar-refractivity contribution in [3.8, 4) is 0 Å². The molecule has 1 unspecified atom stereocenters. The first-order valence-corrected chi connectivity index (χ1v) is 8.15. The molecule has 1 saturated carbocycles. The third-order valence-electron chi connectivity index (χ3n) is 4.77. The van der Waals surface area contributed by atoms with Crippen molar-refractivity contribution in [3.05, 3.63) is 22.6 Å². The highest BCUT2D eigenvalue weighted by molar-refractivity contribution is 9.10. The summed E-state index contributed by atoms with van der Waals surface area (Å²) in [5, 5.41) is 0. The SMILES string of the molecule is Brc1ccc2nc3n(c2n1)C(C1CCCCC1)CC3. The van der Waals surface area contributed by atoms with Crippen LogP contribution in [0.25, 0.3) is 11.2 Å². The molecule has 2 aliphatic rings. The molecule has 4 heteroatoms. The summed E-state index contributed by atoms with van der Waals surface area (Å²) in [4.78, 5) is 9.43. The van der Waals surface area contributed by atoms with Crippen LogP contribution < -0.4 is 0 Å².